The Morgan fingerprint density at radius 1 is 1.44 bits per heavy atom. The zero-order valence-corrected chi connectivity index (χ0v) is 11.3. The molecule has 1 aromatic carbocycles. The summed E-state index contributed by atoms with van der Waals surface area (Å²) in [4.78, 5) is 15.8. The Morgan fingerprint density at radius 3 is 2.94 bits per heavy atom. The van der Waals surface area contributed by atoms with E-state index in [9.17, 15) is 4.79 Å². The third-order valence-electron chi connectivity index (χ3n) is 3.24. The summed E-state index contributed by atoms with van der Waals surface area (Å²) in [5.74, 6) is 0.119. The van der Waals surface area contributed by atoms with Crippen LogP contribution in [0, 0.1) is 0 Å². The van der Waals surface area contributed by atoms with E-state index >= 15 is 0 Å². The highest BCUT2D eigenvalue weighted by atomic mass is 35.5. The van der Waals surface area contributed by atoms with Crippen LogP contribution < -0.4 is 15.5 Å². The summed E-state index contributed by atoms with van der Waals surface area (Å²) in [5.41, 5.74) is 7.38. The van der Waals surface area contributed by atoms with Crippen LogP contribution in [0.15, 0.2) is 18.2 Å². The van der Waals surface area contributed by atoms with Crippen molar-refractivity contribution < 1.29 is 4.79 Å². The molecule has 1 heterocycles. The maximum Gasteiger partial charge on any atom is 0.228 e. The Labute approximate surface area is 112 Å². The van der Waals surface area contributed by atoms with Crippen LogP contribution in [0.3, 0.4) is 0 Å². The molecule has 5 heteroatoms. The Kier molecular flexibility index (Phi) is 4.09. The normalized spacial score (nSPS) is 15.6. The lowest BCUT2D eigenvalue weighted by Crippen LogP contribution is -2.28. The first-order chi connectivity index (χ1) is 8.65. The lowest BCUT2D eigenvalue weighted by Gasteiger charge is -2.26. The largest absolute Gasteiger partial charge is 0.368 e. The quantitative estimate of drug-likeness (QED) is 0.910. The number of fused-ring (bicyclic) bond motifs is 1. The number of benzene rings is 1. The zero-order chi connectivity index (χ0) is 13.1. The first-order valence-corrected chi connectivity index (χ1v) is 6.53. The molecule has 0 fully saturated rings. The molecule has 4 nitrogen and oxygen atoms in total. The zero-order valence-electron chi connectivity index (χ0n) is 10.5. The smallest absolute Gasteiger partial charge is 0.228 e. The third kappa shape index (κ3) is 2.44. The van der Waals surface area contributed by atoms with Gasteiger partial charge < -0.3 is 15.5 Å². The maximum atomic E-state index is 11.9. The van der Waals surface area contributed by atoms with Crippen molar-refractivity contribution in [2.75, 3.05) is 36.5 Å². The first-order valence-electron chi connectivity index (χ1n) is 6.15. The number of amides is 1. The Bertz CT molecular complexity index is 450. The van der Waals surface area contributed by atoms with Gasteiger partial charge in [0, 0.05) is 26.6 Å². The van der Waals surface area contributed by atoms with Gasteiger partial charge in [-0.2, -0.15) is 0 Å². The van der Waals surface area contributed by atoms with Crippen molar-refractivity contribution in [3.63, 3.8) is 0 Å². The van der Waals surface area contributed by atoms with E-state index in [1.807, 2.05) is 18.2 Å². The van der Waals surface area contributed by atoms with Gasteiger partial charge in [-0.25, -0.2) is 0 Å². The van der Waals surface area contributed by atoms with E-state index in [0.717, 1.165) is 24.3 Å². The second-order valence-electron chi connectivity index (χ2n) is 4.44. The second-order valence-corrected chi connectivity index (χ2v) is 4.85. The molecule has 1 amide bonds. The molecular formula is C13H18ClN3O. The number of hydrogen-bond acceptors (Lipinski definition) is 3. The number of carbonyl (C=O) groups excluding carboxylic acids is 1. The monoisotopic (exact) mass is 267 g/mol. The number of rotatable bonds is 3. The first kappa shape index (κ1) is 13.2. The molecule has 0 bridgehead atoms. The molecule has 18 heavy (non-hydrogen) atoms. The lowest BCUT2D eigenvalue weighted by atomic mass is 10.2. The van der Waals surface area contributed by atoms with Crippen LogP contribution in [0.5, 0.6) is 0 Å². The summed E-state index contributed by atoms with van der Waals surface area (Å²) in [6, 6.07) is 5.66. The number of nitrogens with zero attached hydrogens (tertiary/aromatic N) is 2. The van der Waals surface area contributed by atoms with Crippen LogP contribution in [0.4, 0.5) is 11.4 Å². The van der Waals surface area contributed by atoms with Crippen LogP contribution in [0.25, 0.3) is 0 Å². The molecule has 1 aromatic rings. The lowest BCUT2D eigenvalue weighted by molar-refractivity contribution is -0.118. The van der Waals surface area contributed by atoms with E-state index in [2.05, 4.69) is 4.90 Å². The summed E-state index contributed by atoms with van der Waals surface area (Å²) in [5, 5.41) is 0.686. The minimum absolute atomic E-state index is 0.119. The van der Waals surface area contributed by atoms with Gasteiger partial charge in [-0.3, -0.25) is 4.79 Å². The van der Waals surface area contributed by atoms with E-state index in [1.54, 1.807) is 11.9 Å². The third-order valence-corrected chi connectivity index (χ3v) is 3.55. The van der Waals surface area contributed by atoms with Gasteiger partial charge in [-0.1, -0.05) is 17.7 Å². The minimum atomic E-state index is 0.119. The number of halogens is 1. The number of nitrogens with two attached hydrogens (primary N) is 1. The second kappa shape index (κ2) is 5.59. The highest BCUT2D eigenvalue weighted by Crippen LogP contribution is 2.37. The minimum Gasteiger partial charge on any atom is -0.368 e. The number of para-hydroxylation sites is 1. The van der Waals surface area contributed by atoms with Crippen molar-refractivity contribution in [2.24, 2.45) is 5.73 Å². The van der Waals surface area contributed by atoms with Gasteiger partial charge >= 0.3 is 0 Å². The highest BCUT2D eigenvalue weighted by molar-refractivity contribution is 6.34. The molecule has 0 saturated carbocycles. The van der Waals surface area contributed by atoms with Crippen LogP contribution in [-0.2, 0) is 4.79 Å². The molecule has 0 spiro atoms. The average Bonchev–Trinajstić information content (AvgIpc) is 2.49. The topological polar surface area (TPSA) is 49.6 Å². The number of hydrogen-bond donors (Lipinski definition) is 1. The van der Waals surface area contributed by atoms with E-state index in [4.69, 9.17) is 17.3 Å². The molecule has 0 aliphatic carbocycles. The van der Waals surface area contributed by atoms with Crippen molar-refractivity contribution in [1.29, 1.82) is 0 Å². The molecule has 0 aromatic heterocycles. The van der Waals surface area contributed by atoms with Gasteiger partial charge in [0.1, 0.15) is 0 Å². The van der Waals surface area contributed by atoms with Crippen LogP contribution in [0.1, 0.15) is 12.8 Å². The fraction of sp³-hybridized carbons (Fsp3) is 0.462. The summed E-state index contributed by atoms with van der Waals surface area (Å²) >= 11 is 6.29. The Balaban J connectivity index is 2.42. The van der Waals surface area contributed by atoms with Gasteiger partial charge in [-0.05, 0) is 25.1 Å². The van der Waals surface area contributed by atoms with Gasteiger partial charge in [0.05, 0.1) is 16.4 Å². The van der Waals surface area contributed by atoms with Crippen molar-refractivity contribution in [3.05, 3.63) is 23.2 Å². The molecule has 98 valence electrons. The molecular weight excluding hydrogens is 250 g/mol. The Hall–Kier alpha value is -1.26. The average molecular weight is 268 g/mol. The predicted molar refractivity (Wildman–Crippen MR) is 75.4 cm³/mol. The highest BCUT2D eigenvalue weighted by Gasteiger charge is 2.24. The number of anilines is 2. The van der Waals surface area contributed by atoms with Crippen molar-refractivity contribution in [2.45, 2.75) is 12.8 Å². The summed E-state index contributed by atoms with van der Waals surface area (Å²) in [7, 11) is 1.80. The van der Waals surface area contributed by atoms with E-state index in [-0.39, 0.29) is 5.91 Å². The van der Waals surface area contributed by atoms with Gasteiger partial charge in [0.25, 0.3) is 0 Å². The molecule has 0 saturated heterocycles. The molecule has 0 unspecified atom stereocenters. The van der Waals surface area contributed by atoms with Gasteiger partial charge in [0.2, 0.25) is 5.91 Å². The summed E-state index contributed by atoms with van der Waals surface area (Å²) in [6.45, 7) is 2.16. The van der Waals surface area contributed by atoms with Crippen LogP contribution >= 0.6 is 11.6 Å². The van der Waals surface area contributed by atoms with E-state index in [0.29, 0.717) is 24.5 Å². The fourth-order valence-electron chi connectivity index (χ4n) is 2.24. The fourth-order valence-corrected chi connectivity index (χ4v) is 2.53. The standard InChI is InChI=1S/C13H18ClN3O/c1-16-11-5-2-4-10(14)13(11)17(8-3-7-15)9-6-12(16)18/h2,4-5H,3,6-9,15H2,1H3. The molecule has 1 aliphatic heterocycles. The van der Waals surface area contributed by atoms with Crippen molar-refractivity contribution in [1.82, 2.24) is 0 Å². The molecule has 2 rings (SSSR count). The van der Waals surface area contributed by atoms with Gasteiger partial charge in [-0.15, -0.1) is 0 Å². The maximum absolute atomic E-state index is 11.9. The molecule has 0 atom stereocenters. The predicted octanol–water partition coefficient (Wildman–Crippen LogP) is 1.86. The number of carbonyl (C=O) groups is 1. The van der Waals surface area contributed by atoms with Gasteiger partial charge in [0.15, 0.2) is 0 Å². The summed E-state index contributed by atoms with van der Waals surface area (Å²) in [6.07, 6.45) is 1.40. The molecule has 0 radical (unpaired) electrons. The molecule has 1 aliphatic rings. The van der Waals surface area contributed by atoms with E-state index in [1.165, 1.54) is 0 Å². The molecule has 2 N–H and O–H groups in total. The van der Waals surface area contributed by atoms with Crippen molar-refractivity contribution >= 4 is 28.9 Å². The SMILES string of the molecule is CN1C(=O)CCN(CCCN)c2c(Cl)cccc21. The van der Waals surface area contributed by atoms with E-state index < -0.39 is 0 Å². The van der Waals surface area contributed by atoms with Crippen LogP contribution in [0.2, 0.25) is 5.02 Å². The Morgan fingerprint density at radius 2 is 2.22 bits per heavy atom. The van der Waals surface area contributed by atoms with Crippen LogP contribution in [-0.4, -0.2) is 32.6 Å². The van der Waals surface area contributed by atoms with Crippen molar-refractivity contribution in [3.8, 4) is 0 Å². The summed E-state index contributed by atoms with van der Waals surface area (Å²) < 4.78 is 0.